The standard InChI is InChI=1S/C14H14N4O/c1-2-19-14-12-13(15-9-16-14)18(10-17-12)8-11-6-4-3-5-7-11/h3-7,9-10H,2,8H2,1H3. The van der Waals surface area contributed by atoms with Gasteiger partial charge in [0.1, 0.15) is 6.33 Å². The molecule has 0 spiro atoms. The summed E-state index contributed by atoms with van der Waals surface area (Å²) in [5, 5.41) is 0. The van der Waals surface area contributed by atoms with Crippen molar-refractivity contribution in [1.82, 2.24) is 19.5 Å². The van der Waals surface area contributed by atoms with Gasteiger partial charge in [-0.15, -0.1) is 0 Å². The Kier molecular flexibility index (Phi) is 3.10. The van der Waals surface area contributed by atoms with Gasteiger partial charge in [0.15, 0.2) is 11.2 Å². The van der Waals surface area contributed by atoms with E-state index in [0.717, 1.165) is 12.2 Å². The molecule has 0 aliphatic heterocycles. The first kappa shape index (κ1) is 11.6. The summed E-state index contributed by atoms with van der Waals surface area (Å²) in [7, 11) is 0. The maximum absolute atomic E-state index is 5.46. The van der Waals surface area contributed by atoms with Crippen LogP contribution in [-0.2, 0) is 6.54 Å². The molecule has 5 heteroatoms. The molecule has 96 valence electrons. The van der Waals surface area contributed by atoms with Gasteiger partial charge < -0.3 is 9.30 Å². The Morgan fingerprint density at radius 1 is 1.11 bits per heavy atom. The summed E-state index contributed by atoms with van der Waals surface area (Å²) in [6.45, 7) is 3.23. The van der Waals surface area contributed by atoms with Crippen LogP contribution < -0.4 is 4.74 Å². The molecule has 19 heavy (non-hydrogen) atoms. The molecule has 2 heterocycles. The molecule has 1 aromatic carbocycles. The van der Waals surface area contributed by atoms with Crippen molar-refractivity contribution in [3.63, 3.8) is 0 Å². The van der Waals surface area contributed by atoms with E-state index in [2.05, 4.69) is 27.1 Å². The van der Waals surface area contributed by atoms with Crippen molar-refractivity contribution in [1.29, 1.82) is 0 Å². The van der Waals surface area contributed by atoms with Crippen LogP contribution in [0.15, 0.2) is 43.0 Å². The SMILES string of the molecule is CCOc1ncnc2c1ncn2Cc1ccccc1. The van der Waals surface area contributed by atoms with E-state index in [1.165, 1.54) is 11.9 Å². The number of benzene rings is 1. The number of hydrogen-bond acceptors (Lipinski definition) is 4. The Hall–Kier alpha value is -2.43. The summed E-state index contributed by atoms with van der Waals surface area (Å²) < 4.78 is 7.45. The normalized spacial score (nSPS) is 10.8. The average molecular weight is 254 g/mol. The zero-order valence-electron chi connectivity index (χ0n) is 10.7. The first-order valence-corrected chi connectivity index (χ1v) is 6.21. The highest BCUT2D eigenvalue weighted by molar-refractivity contribution is 5.75. The van der Waals surface area contributed by atoms with E-state index in [9.17, 15) is 0 Å². The highest BCUT2D eigenvalue weighted by atomic mass is 16.5. The number of aromatic nitrogens is 4. The van der Waals surface area contributed by atoms with Crippen molar-refractivity contribution in [2.75, 3.05) is 6.61 Å². The van der Waals surface area contributed by atoms with E-state index >= 15 is 0 Å². The van der Waals surface area contributed by atoms with Crippen LogP contribution in [0.2, 0.25) is 0 Å². The number of rotatable bonds is 4. The summed E-state index contributed by atoms with van der Waals surface area (Å²) >= 11 is 0. The molecule has 5 nitrogen and oxygen atoms in total. The second-order valence-electron chi connectivity index (χ2n) is 4.14. The molecule has 0 amide bonds. The van der Waals surface area contributed by atoms with Crippen LogP contribution in [0.3, 0.4) is 0 Å². The maximum Gasteiger partial charge on any atom is 0.245 e. The number of nitrogens with zero attached hydrogens (tertiary/aromatic N) is 4. The predicted octanol–water partition coefficient (Wildman–Crippen LogP) is 2.27. The Morgan fingerprint density at radius 2 is 1.95 bits per heavy atom. The van der Waals surface area contributed by atoms with E-state index in [-0.39, 0.29) is 0 Å². The Bertz CT molecular complexity index is 678. The van der Waals surface area contributed by atoms with Gasteiger partial charge in [-0.1, -0.05) is 30.3 Å². The number of imidazole rings is 1. The van der Waals surface area contributed by atoms with Crippen LogP contribution >= 0.6 is 0 Å². The first-order chi connectivity index (χ1) is 9.38. The van der Waals surface area contributed by atoms with Gasteiger partial charge in [0.25, 0.3) is 0 Å². The zero-order chi connectivity index (χ0) is 13.1. The molecule has 0 bridgehead atoms. The molecule has 0 saturated carbocycles. The lowest BCUT2D eigenvalue weighted by molar-refractivity contribution is 0.330. The second kappa shape index (κ2) is 5.06. The third-order valence-electron chi connectivity index (χ3n) is 2.84. The van der Waals surface area contributed by atoms with E-state index < -0.39 is 0 Å². The van der Waals surface area contributed by atoms with Crippen LogP contribution in [0.4, 0.5) is 0 Å². The highest BCUT2D eigenvalue weighted by Gasteiger charge is 2.10. The fraction of sp³-hybridized carbons (Fsp3) is 0.214. The van der Waals surface area contributed by atoms with Crippen molar-refractivity contribution in [3.8, 4) is 5.88 Å². The minimum Gasteiger partial charge on any atom is -0.476 e. The largest absolute Gasteiger partial charge is 0.476 e. The fourth-order valence-electron chi connectivity index (χ4n) is 2.00. The van der Waals surface area contributed by atoms with Crippen LogP contribution in [0.5, 0.6) is 5.88 Å². The van der Waals surface area contributed by atoms with E-state index in [4.69, 9.17) is 4.74 Å². The molecular formula is C14H14N4O. The third kappa shape index (κ3) is 2.27. The van der Waals surface area contributed by atoms with Crippen LogP contribution in [0, 0.1) is 0 Å². The van der Waals surface area contributed by atoms with Gasteiger partial charge in [0.2, 0.25) is 5.88 Å². The summed E-state index contributed by atoms with van der Waals surface area (Å²) in [5.41, 5.74) is 2.71. The van der Waals surface area contributed by atoms with Gasteiger partial charge >= 0.3 is 0 Å². The van der Waals surface area contributed by atoms with E-state index in [0.29, 0.717) is 18.0 Å². The molecule has 0 unspecified atom stereocenters. The number of hydrogen-bond donors (Lipinski definition) is 0. The van der Waals surface area contributed by atoms with E-state index in [1.54, 1.807) is 6.33 Å². The van der Waals surface area contributed by atoms with Crippen molar-refractivity contribution in [2.45, 2.75) is 13.5 Å². The van der Waals surface area contributed by atoms with Crippen molar-refractivity contribution >= 4 is 11.2 Å². The van der Waals surface area contributed by atoms with Gasteiger partial charge in [-0.05, 0) is 12.5 Å². The minimum absolute atomic E-state index is 0.541. The number of ether oxygens (including phenoxy) is 1. The quantitative estimate of drug-likeness (QED) is 0.716. The molecule has 3 rings (SSSR count). The van der Waals surface area contributed by atoms with Crippen molar-refractivity contribution < 1.29 is 4.74 Å². The molecule has 0 atom stereocenters. The van der Waals surface area contributed by atoms with Gasteiger partial charge in [0.05, 0.1) is 19.5 Å². The van der Waals surface area contributed by atoms with Gasteiger partial charge in [-0.2, -0.15) is 4.98 Å². The molecule has 0 N–H and O–H groups in total. The predicted molar refractivity (Wildman–Crippen MR) is 72.0 cm³/mol. The lowest BCUT2D eigenvalue weighted by atomic mass is 10.2. The van der Waals surface area contributed by atoms with Gasteiger partial charge in [0, 0.05) is 0 Å². The summed E-state index contributed by atoms with van der Waals surface area (Å²) in [6.07, 6.45) is 3.28. The minimum atomic E-state index is 0.541. The molecule has 0 aliphatic rings. The number of fused-ring (bicyclic) bond motifs is 1. The topological polar surface area (TPSA) is 52.8 Å². The fourth-order valence-corrected chi connectivity index (χ4v) is 2.00. The second-order valence-corrected chi connectivity index (χ2v) is 4.14. The highest BCUT2D eigenvalue weighted by Crippen LogP contribution is 2.20. The maximum atomic E-state index is 5.46. The van der Waals surface area contributed by atoms with Gasteiger partial charge in [-0.25, -0.2) is 9.97 Å². The summed E-state index contributed by atoms with van der Waals surface area (Å²) in [4.78, 5) is 12.7. The Morgan fingerprint density at radius 3 is 2.74 bits per heavy atom. The monoisotopic (exact) mass is 254 g/mol. The summed E-state index contributed by atoms with van der Waals surface area (Å²) in [6, 6.07) is 10.2. The van der Waals surface area contributed by atoms with Crippen molar-refractivity contribution in [2.24, 2.45) is 0 Å². The van der Waals surface area contributed by atoms with E-state index in [1.807, 2.05) is 29.7 Å². The average Bonchev–Trinajstić information content (AvgIpc) is 2.85. The third-order valence-corrected chi connectivity index (χ3v) is 2.84. The van der Waals surface area contributed by atoms with Gasteiger partial charge in [-0.3, -0.25) is 0 Å². The summed E-state index contributed by atoms with van der Waals surface area (Å²) in [5.74, 6) is 0.541. The lowest BCUT2D eigenvalue weighted by Gasteiger charge is -2.04. The zero-order valence-corrected chi connectivity index (χ0v) is 10.7. The first-order valence-electron chi connectivity index (χ1n) is 6.21. The van der Waals surface area contributed by atoms with Crippen LogP contribution in [0.1, 0.15) is 12.5 Å². The Labute approximate surface area is 110 Å². The molecular weight excluding hydrogens is 240 g/mol. The molecule has 0 saturated heterocycles. The van der Waals surface area contributed by atoms with Crippen LogP contribution in [-0.4, -0.2) is 26.1 Å². The lowest BCUT2D eigenvalue weighted by Crippen LogP contribution is -2.00. The van der Waals surface area contributed by atoms with Crippen LogP contribution in [0.25, 0.3) is 11.2 Å². The molecule has 0 aliphatic carbocycles. The molecule has 2 aromatic heterocycles. The van der Waals surface area contributed by atoms with Crippen molar-refractivity contribution in [3.05, 3.63) is 48.5 Å². The molecule has 0 fully saturated rings. The smallest absolute Gasteiger partial charge is 0.245 e. The molecule has 0 radical (unpaired) electrons. The Balaban J connectivity index is 1.99. The molecule has 3 aromatic rings.